The van der Waals surface area contributed by atoms with Gasteiger partial charge in [-0.3, -0.25) is 4.79 Å². The normalized spacial score (nSPS) is 26.8. The highest BCUT2D eigenvalue weighted by atomic mass is 28.4. The van der Waals surface area contributed by atoms with Crippen molar-refractivity contribution in [3.63, 3.8) is 0 Å². The highest BCUT2D eigenvalue weighted by molar-refractivity contribution is 6.75. The Morgan fingerprint density at radius 2 is 2.14 bits per heavy atom. The van der Waals surface area contributed by atoms with Crippen LogP contribution in [0.5, 0.6) is 0 Å². The van der Waals surface area contributed by atoms with Gasteiger partial charge in [0, 0.05) is 0 Å². The molecule has 1 fully saturated rings. The molecule has 2 aliphatic rings. The van der Waals surface area contributed by atoms with Crippen LogP contribution in [0.3, 0.4) is 0 Å². The van der Waals surface area contributed by atoms with E-state index in [2.05, 4.69) is 39.9 Å². The molecule has 1 heterocycles. The van der Waals surface area contributed by atoms with Crippen LogP contribution >= 0.6 is 0 Å². The Balaban J connectivity index is 2.08. The van der Waals surface area contributed by atoms with Crippen LogP contribution in [0.1, 0.15) is 46.5 Å². The lowest BCUT2D eigenvalue weighted by molar-refractivity contribution is -0.176. The first-order chi connectivity index (χ1) is 9.66. The minimum atomic E-state index is -2.07. The molecule has 120 valence electrons. The van der Waals surface area contributed by atoms with Gasteiger partial charge in [0.25, 0.3) is 14.3 Å². The first-order valence-electron chi connectivity index (χ1n) is 7.79. The second-order valence-electron chi connectivity index (χ2n) is 7.64. The Morgan fingerprint density at radius 1 is 1.43 bits per heavy atom. The van der Waals surface area contributed by atoms with E-state index in [9.17, 15) is 4.79 Å². The molecule has 0 spiro atoms. The zero-order chi connectivity index (χ0) is 15.7. The van der Waals surface area contributed by atoms with Crippen molar-refractivity contribution in [1.29, 1.82) is 0 Å². The molecule has 0 bridgehead atoms. The Morgan fingerprint density at radius 3 is 2.81 bits per heavy atom. The summed E-state index contributed by atoms with van der Waals surface area (Å²) < 4.78 is 17.1. The molecule has 1 aliphatic carbocycles. The second-order valence-corrected chi connectivity index (χ2v) is 12.4. The maximum absolute atomic E-state index is 12.5. The Bertz CT molecular complexity index is 436. The molecule has 0 N–H and O–H groups in total. The molecule has 21 heavy (non-hydrogen) atoms. The quantitative estimate of drug-likeness (QED) is 0.587. The Hall–Kier alpha value is -0.653. The molecule has 0 amide bonds. The summed E-state index contributed by atoms with van der Waals surface area (Å²) in [7, 11) is -2.07. The molecular weight excluding hydrogens is 284 g/mol. The molecule has 2 rings (SSSR count). The van der Waals surface area contributed by atoms with Gasteiger partial charge >= 0.3 is 0 Å². The van der Waals surface area contributed by atoms with E-state index in [1.54, 1.807) is 0 Å². The van der Waals surface area contributed by atoms with Crippen molar-refractivity contribution in [1.82, 2.24) is 0 Å². The van der Waals surface area contributed by atoms with Gasteiger partial charge in [0.2, 0.25) is 0 Å². The fourth-order valence-corrected chi connectivity index (χ4v) is 3.58. The molecule has 0 aromatic heterocycles. The van der Waals surface area contributed by atoms with Crippen LogP contribution < -0.4 is 0 Å². The fourth-order valence-electron chi connectivity index (χ4n) is 2.63. The van der Waals surface area contributed by atoms with Crippen LogP contribution in [-0.2, 0) is 18.7 Å². The van der Waals surface area contributed by atoms with E-state index in [1.807, 2.05) is 0 Å². The minimum absolute atomic E-state index is 0.0299. The number of hydrogen-bond donors (Lipinski definition) is 0. The minimum Gasteiger partial charge on any atom is -0.519 e. The van der Waals surface area contributed by atoms with Crippen molar-refractivity contribution in [2.75, 3.05) is 13.4 Å². The number of carbonyl (C=O) groups is 1. The number of carbonyl (C=O) groups excluding carboxylic acids is 1. The third-order valence-electron chi connectivity index (χ3n) is 5.04. The summed E-state index contributed by atoms with van der Waals surface area (Å²) in [5, 5.41) is 0.0299. The third-order valence-corrected chi connectivity index (χ3v) is 9.39. The predicted octanol–water partition coefficient (Wildman–Crippen LogP) is 3.78. The van der Waals surface area contributed by atoms with Gasteiger partial charge < -0.3 is 13.9 Å². The number of rotatable bonds is 3. The third kappa shape index (κ3) is 3.58. The molecule has 0 unspecified atom stereocenters. The number of fused-ring (bicyclic) bond motifs is 1. The molecule has 0 aromatic carbocycles. The summed E-state index contributed by atoms with van der Waals surface area (Å²) in [6.07, 6.45) is 5.46. The maximum atomic E-state index is 12.5. The number of ether oxygens (including phenoxy) is 2. The Kier molecular flexibility index (Phi) is 4.66. The van der Waals surface area contributed by atoms with E-state index in [4.69, 9.17) is 13.9 Å². The van der Waals surface area contributed by atoms with Crippen molar-refractivity contribution in [2.24, 2.45) is 0 Å². The van der Waals surface area contributed by atoms with Gasteiger partial charge in [0.05, 0.1) is 13.0 Å². The SMILES string of the molecule is CC(C)(C)[Si](C)(C)OC(=O)C[C@]12CCCC=C1COCO2. The summed E-state index contributed by atoms with van der Waals surface area (Å²) in [6, 6.07) is 0. The van der Waals surface area contributed by atoms with Crippen molar-refractivity contribution in [2.45, 2.75) is 70.2 Å². The van der Waals surface area contributed by atoms with E-state index in [-0.39, 0.29) is 17.8 Å². The first-order valence-corrected chi connectivity index (χ1v) is 10.7. The molecule has 1 saturated heterocycles. The van der Waals surface area contributed by atoms with Crippen molar-refractivity contribution >= 4 is 14.3 Å². The fraction of sp³-hybridized carbons (Fsp3) is 0.812. The average molecular weight is 312 g/mol. The summed E-state index contributed by atoms with van der Waals surface area (Å²) in [5.41, 5.74) is 0.642. The molecule has 5 heteroatoms. The van der Waals surface area contributed by atoms with Crippen LogP contribution in [0.4, 0.5) is 0 Å². The van der Waals surface area contributed by atoms with Gasteiger partial charge in [-0.05, 0) is 43.0 Å². The number of hydrogen-bond acceptors (Lipinski definition) is 4. The lowest BCUT2D eigenvalue weighted by Gasteiger charge is -2.42. The smallest absolute Gasteiger partial charge is 0.295 e. The van der Waals surface area contributed by atoms with Gasteiger partial charge in [-0.25, -0.2) is 0 Å². The maximum Gasteiger partial charge on any atom is 0.295 e. The molecule has 1 aliphatic heterocycles. The van der Waals surface area contributed by atoms with Crippen molar-refractivity contribution < 1.29 is 18.7 Å². The molecule has 1 atom stereocenters. The average Bonchev–Trinajstić information content (AvgIpc) is 2.36. The van der Waals surface area contributed by atoms with Crippen molar-refractivity contribution in [3.8, 4) is 0 Å². The van der Waals surface area contributed by atoms with Gasteiger partial charge in [0.15, 0.2) is 0 Å². The summed E-state index contributed by atoms with van der Waals surface area (Å²) in [4.78, 5) is 12.5. The molecule has 0 saturated carbocycles. The topological polar surface area (TPSA) is 44.8 Å². The lowest BCUT2D eigenvalue weighted by atomic mass is 9.80. The monoisotopic (exact) mass is 312 g/mol. The van der Waals surface area contributed by atoms with E-state index >= 15 is 0 Å². The highest BCUT2D eigenvalue weighted by Gasteiger charge is 2.45. The zero-order valence-electron chi connectivity index (χ0n) is 14.0. The first kappa shape index (κ1) is 16.7. The summed E-state index contributed by atoms with van der Waals surface area (Å²) in [6.45, 7) is 11.5. The van der Waals surface area contributed by atoms with Crippen LogP contribution in [0.15, 0.2) is 11.6 Å². The molecule has 4 nitrogen and oxygen atoms in total. The van der Waals surface area contributed by atoms with Crippen LogP contribution in [-0.4, -0.2) is 33.3 Å². The summed E-state index contributed by atoms with van der Waals surface area (Å²) >= 11 is 0. The summed E-state index contributed by atoms with van der Waals surface area (Å²) in [5.74, 6) is -0.128. The van der Waals surface area contributed by atoms with E-state index < -0.39 is 13.9 Å². The highest BCUT2D eigenvalue weighted by Crippen LogP contribution is 2.41. The number of allylic oxidation sites excluding steroid dienone is 1. The van der Waals surface area contributed by atoms with Crippen molar-refractivity contribution in [3.05, 3.63) is 11.6 Å². The van der Waals surface area contributed by atoms with Gasteiger partial charge in [-0.1, -0.05) is 26.8 Å². The lowest BCUT2D eigenvalue weighted by Crippen LogP contribution is -2.48. The van der Waals surface area contributed by atoms with Crippen LogP contribution in [0, 0.1) is 0 Å². The zero-order valence-corrected chi connectivity index (χ0v) is 15.0. The van der Waals surface area contributed by atoms with Crippen LogP contribution in [0.25, 0.3) is 0 Å². The van der Waals surface area contributed by atoms with Gasteiger partial charge in [-0.15, -0.1) is 0 Å². The van der Waals surface area contributed by atoms with E-state index in [1.165, 1.54) is 0 Å². The van der Waals surface area contributed by atoms with Gasteiger partial charge in [-0.2, -0.15) is 0 Å². The van der Waals surface area contributed by atoms with Crippen LogP contribution in [0.2, 0.25) is 18.1 Å². The van der Waals surface area contributed by atoms with E-state index in [0.29, 0.717) is 13.0 Å². The van der Waals surface area contributed by atoms with Gasteiger partial charge in [0.1, 0.15) is 12.4 Å². The Labute approximate surface area is 129 Å². The van der Waals surface area contributed by atoms with E-state index in [0.717, 1.165) is 24.8 Å². The largest absolute Gasteiger partial charge is 0.519 e. The standard InChI is InChI=1S/C16H28O4Si/c1-15(2,3)21(4,5)20-14(17)10-16-9-7-6-8-13(16)11-18-12-19-16/h8H,6-7,9-12H2,1-5H3/t16-/m1/s1. The second kappa shape index (κ2) is 5.86. The predicted molar refractivity (Wildman–Crippen MR) is 84.5 cm³/mol. The molecule has 0 radical (unpaired) electrons. The molecular formula is C16H28O4Si. The molecule has 0 aromatic rings.